The summed E-state index contributed by atoms with van der Waals surface area (Å²) >= 11 is 0. The monoisotopic (exact) mass is 3880 g/mol. The van der Waals surface area contributed by atoms with Gasteiger partial charge in [-0.05, 0) is 0 Å². The molecule has 0 aromatic heterocycles. The van der Waals surface area contributed by atoms with Gasteiger partial charge >= 0.3 is 0 Å². The van der Waals surface area contributed by atoms with Crippen LogP contribution in [-0.2, 0) is 1410 Å². The van der Waals surface area contributed by atoms with Crippen LogP contribution in [0.15, 0.2) is 5.57 Å². The van der Waals surface area contributed by atoms with Gasteiger partial charge < -0.3 is 6.58 Å². The maximum Gasteiger partial charge on any atom is 0 e. The molecule has 0 aromatic rings. The van der Waals surface area contributed by atoms with E-state index in [0.29, 0.717) is 0 Å². The van der Waals surface area contributed by atoms with Gasteiger partial charge in [-0.3, -0.25) is 5.57 Å². The van der Waals surface area contributed by atoms with Gasteiger partial charge in [-0.25, -0.2) is 0 Å². The molecule has 0 saturated carbocycles. The van der Waals surface area contributed by atoms with E-state index in [1.807, 2.05) is 13.8 Å². The Morgan fingerprint density at radius 3 is 0.149 bits per heavy atom. The first-order valence-corrected chi connectivity index (χ1v) is 1.29. The first-order chi connectivity index (χ1) is 1.73. The third-order valence-electron chi connectivity index (χ3n) is 0. The van der Waals surface area contributed by atoms with Crippen molar-refractivity contribution in [3.8, 4) is 0 Å². The Bertz CT molecular complexity index is 42.8. The zero-order valence-electron chi connectivity index (χ0n) is 27.9. The molecule has 0 aliphatic heterocycles. The molecular formula is C4H7Y43-. The molecule has 0 N–H and O–H groups in total. The zero-order valence-corrected chi connectivity index (χ0v) is 150. The summed E-state index contributed by atoms with van der Waals surface area (Å²) in [6, 6.07) is 0. The number of hydrogen-bond acceptors (Lipinski definition) is 0. The van der Waals surface area contributed by atoms with Crippen molar-refractivity contribution in [1.29, 1.82) is 0 Å². The van der Waals surface area contributed by atoms with Crippen molar-refractivity contribution in [2.75, 3.05) is 0 Å². The average Bonchev–Trinajstić information content (AvgIpc) is 0.811. The van der Waals surface area contributed by atoms with E-state index in [9.17, 15) is 0 Å². The summed E-state index contributed by atoms with van der Waals surface area (Å²) in [5.74, 6) is 0. The van der Waals surface area contributed by atoms with Gasteiger partial charge in [0.2, 0.25) is 0 Å². The summed E-state index contributed by atoms with van der Waals surface area (Å²) in [7, 11) is 0. The van der Waals surface area contributed by atoms with Crippen LogP contribution in [-0.4, -0.2) is 0 Å². The van der Waals surface area contributed by atoms with Crippen molar-refractivity contribution >= 4 is 0 Å². The molecule has 43 radical (unpaired) electrons. The van der Waals surface area contributed by atoms with Gasteiger partial charge in [-0.2, -0.15) is 0 Å². The molecule has 0 rings (SSSR count). The molecule has 0 saturated heterocycles. The Morgan fingerprint density at radius 2 is 0.149 bits per heavy atom. The second-order valence-corrected chi connectivity index (χ2v) is 1.08. The first-order valence-electron chi connectivity index (χ1n) is 1.29. The minimum absolute atomic E-state index is 0. The van der Waals surface area contributed by atoms with Crippen LogP contribution in [0.4, 0.5) is 0 Å². The molecule has 0 bridgehead atoms. The van der Waals surface area contributed by atoms with Crippen LogP contribution in [0, 0.1) is 6.58 Å². The smallest absolute Gasteiger partial charge is 0 e. The maximum atomic E-state index is 5.03. The topological polar surface area (TPSA) is 0 Å². The molecule has 0 aliphatic rings. The summed E-state index contributed by atoms with van der Waals surface area (Å²) in [5.41, 5.74) is 0.917. The zero-order chi connectivity index (χ0) is 3.58. The van der Waals surface area contributed by atoms with Crippen molar-refractivity contribution < 1.29 is 1410 Å². The number of allylic oxidation sites excluding steroid dienone is 1. The Morgan fingerprint density at radius 1 is 0.149 bits per heavy atom. The van der Waals surface area contributed by atoms with Crippen molar-refractivity contribution in [2.45, 2.75) is 13.8 Å². The van der Waals surface area contributed by atoms with E-state index >= 15 is 0 Å². The van der Waals surface area contributed by atoms with Crippen molar-refractivity contribution in [3.63, 3.8) is 0 Å². The second-order valence-electron chi connectivity index (χ2n) is 1.08. The molecule has 0 atom stereocenters. The Hall–Kier alpha value is 47.2. The van der Waals surface area contributed by atoms with E-state index in [4.69, 9.17) is 6.58 Å². The van der Waals surface area contributed by atoms with E-state index in [1.54, 1.807) is 0 Å². The fourth-order valence-corrected chi connectivity index (χ4v) is 0. The Labute approximate surface area is 1380 Å². The number of rotatable bonds is 0. The Balaban J connectivity index is -0.0000000000498. The van der Waals surface area contributed by atoms with Crippen molar-refractivity contribution in [1.82, 2.24) is 0 Å². The molecular weight excluding hydrogens is 3870 g/mol. The van der Waals surface area contributed by atoms with Gasteiger partial charge in [0.05, 0.1) is 0 Å². The van der Waals surface area contributed by atoms with Crippen LogP contribution in [0.25, 0.3) is 0 Å². The Kier molecular flexibility index (Phi) is 2170. The predicted molar refractivity (Wildman–Crippen MR) is 19.2 cm³/mol. The SMILES string of the molecule is [CH-]=C(C)C.[Y].[Y].[Y].[Y].[Y].[Y].[Y].[Y].[Y].[Y].[Y].[Y].[Y].[Y].[Y].[Y].[Y].[Y].[Y].[Y].[Y].[Y].[Y].[Y].[Y].[Y].[Y].[Y].[Y].[Y].[Y].[Y].[Y].[Y].[Y].[Y].[Y].[Y].[Y].[Y].[Y].[Y].[Y]. The summed E-state index contributed by atoms with van der Waals surface area (Å²) in [5, 5.41) is 0. The predicted octanol–water partition coefficient (Wildman–Crippen LogP) is 1.28. The van der Waals surface area contributed by atoms with E-state index < -0.39 is 0 Å². The summed E-state index contributed by atoms with van der Waals surface area (Å²) in [4.78, 5) is 0. The van der Waals surface area contributed by atoms with E-state index in [2.05, 4.69) is 0 Å². The van der Waals surface area contributed by atoms with Crippen molar-refractivity contribution in [3.05, 3.63) is 12.2 Å². The summed E-state index contributed by atoms with van der Waals surface area (Å²) in [6.45, 7) is 8.75. The van der Waals surface area contributed by atoms with Gasteiger partial charge in [-0.15, -0.1) is 0 Å². The van der Waals surface area contributed by atoms with Gasteiger partial charge in [0, 0.05) is 1410 Å². The molecule has 0 aliphatic carbocycles. The summed E-state index contributed by atoms with van der Waals surface area (Å²) in [6.07, 6.45) is 0. The van der Waals surface area contributed by atoms with Crippen LogP contribution in [0.2, 0.25) is 0 Å². The number of hydrogen-bond donors (Lipinski definition) is 0. The fourth-order valence-electron chi connectivity index (χ4n) is 0. The van der Waals surface area contributed by atoms with Gasteiger partial charge in [0.1, 0.15) is 0 Å². The van der Waals surface area contributed by atoms with E-state index in [1.165, 1.54) is 0 Å². The van der Waals surface area contributed by atoms with Crippen LogP contribution >= 0.6 is 0 Å². The molecule has 0 spiro atoms. The standard InChI is InChI=1S/C4H7.43Y/c1-4(2)3;;;;;;;;;;;;;;;;;;;;;;;;;;;;;;;;;;;;;;;;;;;/h1H,2-3H3;;;;;;;;;;;;;;;;;;;;;;;;;;;;;;;;;;;;;;;;;;;/q-1;;;;;;;;;;;;;;;;;;;;;;;;;;;;;;;;;;;;;;;;;;;. The molecule has 0 heterocycles. The van der Waals surface area contributed by atoms with Crippen LogP contribution in [0.3, 0.4) is 0 Å². The third-order valence-corrected chi connectivity index (χ3v) is 0. The van der Waals surface area contributed by atoms with Gasteiger partial charge in [0.25, 0.3) is 0 Å². The molecule has 47 heavy (non-hydrogen) atoms. The van der Waals surface area contributed by atoms with Crippen molar-refractivity contribution in [2.24, 2.45) is 0 Å². The average molecular weight is 3880 g/mol. The molecule has 0 unspecified atom stereocenters. The fraction of sp³-hybridized carbons (Fsp3) is 0.500. The van der Waals surface area contributed by atoms with Gasteiger partial charge in [-0.1, -0.05) is 13.8 Å². The molecule has 43 heteroatoms. The first kappa shape index (κ1) is 325. The van der Waals surface area contributed by atoms with E-state index in [0.717, 1.165) is 5.57 Å². The second kappa shape index (κ2) is 314. The van der Waals surface area contributed by atoms with Crippen LogP contribution in [0.1, 0.15) is 13.8 Å². The molecule has 0 aromatic carbocycles. The molecule has 0 nitrogen and oxygen atoms in total. The quantitative estimate of drug-likeness (QED) is 0.322. The van der Waals surface area contributed by atoms with E-state index in [-0.39, 0.29) is 1410 Å². The normalized spacial score (nSPS) is 0.553. The minimum atomic E-state index is 0. The maximum absolute atomic E-state index is 5.03. The molecule has 153 valence electrons. The van der Waals surface area contributed by atoms with Gasteiger partial charge in [0.15, 0.2) is 0 Å². The largest absolute Gasteiger partial charge is 0.515 e. The molecule has 0 fully saturated rings. The summed E-state index contributed by atoms with van der Waals surface area (Å²) < 4.78 is 0. The van der Waals surface area contributed by atoms with Crippen LogP contribution in [0.5, 0.6) is 0 Å². The third kappa shape index (κ3) is 348. The minimum Gasteiger partial charge on any atom is -0.515 e. The molecule has 0 amide bonds. The van der Waals surface area contributed by atoms with Crippen LogP contribution < -0.4 is 0 Å².